The van der Waals surface area contributed by atoms with E-state index in [0.29, 0.717) is 18.1 Å². The number of hydrogen-bond donors (Lipinski definition) is 1. The van der Waals surface area contributed by atoms with Crippen molar-refractivity contribution in [2.24, 2.45) is 0 Å². The molecule has 5 nitrogen and oxygen atoms in total. The molecule has 0 spiro atoms. The van der Waals surface area contributed by atoms with Crippen molar-refractivity contribution in [2.75, 3.05) is 52.1 Å². The smallest absolute Gasteiger partial charge is 0.242 e. The van der Waals surface area contributed by atoms with Gasteiger partial charge < -0.3 is 15.1 Å². The van der Waals surface area contributed by atoms with Crippen LogP contribution in [0.2, 0.25) is 5.02 Å². The van der Waals surface area contributed by atoms with Crippen LogP contribution < -0.4 is 5.32 Å². The molecule has 0 fully saturated rings. The number of carbonyl (C=O) groups is 1. The molecular formula is C26H37ClN4O. The van der Waals surface area contributed by atoms with E-state index in [-0.39, 0.29) is 17.9 Å². The fraction of sp³-hybridized carbons (Fsp3) is 0.500. The Bertz CT molecular complexity index is 928. The summed E-state index contributed by atoms with van der Waals surface area (Å²) in [6.45, 7) is 12.0. The van der Waals surface area contributed by atoms with E-state index in [4.69, 9.17) is 11.6 Å². The van der Waals surface area contributed by atoms with E-state index in [2.05, 4.69) is 54.1 Å². The number of nitrogens with zero attached hydrogens (tertiary/aromatic N) is 3. The van der Waals surface area contributed by atoms with Gasteiger partial charge in [-0.15, -0.1) is 0 Å². The lowest BCUT2D eigenvalue weighted by Gasteiger charge is -2.40. The van der Waals surface area contributed by atoms with Crippen LogP contribution in [-0.4, -0.2) is 67.4 Å². The molecule has 2 aromatic rings. The molecule has 0 bridgehead atoms. The Hall–Kier alpha value is -2.08. The lowest BCUT2D eigenvalue weighted by atomic mass is 9.78. The molecule has 174 valence electrons. The van der Waals surface area contributed by atoms with Crippen molar-refractivity contribution in [3.05, 3.63) is 64.2 Å². The molecule has 0 aliphatic carbocycles. The van der Waals surface area contributed by atoms with Crippen LogP contribution in [0.1, 0.15) is 37.5 Å². The zero-order valence-corrected chi connectivity index (χ0v) is 20.9. The van der Waals surface area contributed by atoms with E-state index >= 15 is 0 Å². The highest BCUT2D eigenvalue weighted by atomic mass is 35.5. The largest absolute Gasteiger partial charge is 0.376 e. The number of fused-ring (bicyclic) bond motifs is 1. The molecule has 3 rings (SSSR count). The average Bonchev–Trinajstić information content (AvgIpc) is 2.75. The van der Waals surface area contributed by atoms with Gasteiger partial charge in [0.05, 0.1) is 6.54 Å². The second-order valence-corrected chi connectivity index (χ2v) is 9.99. The summed E-state index contributed by atoms with van der Waals surface area (Å²) in [6, 6.07) is 14.2. The van der Waals surface area contributed by atoms with Crippen LogP contribution >= 0.6 is 11.6 Å². The number of halogens is 1. The summed E-state index contributed by atoms with van der Waals surface area (Å²) in [5.41, 5.74) is 4.81. The summed E-state index contributed by atoms with van der Waals surface area (Å²) in [4.78, 5) is 19.7. The minimum absolute atomic E-state index is 0.0757. The summed E-state index contributed by atoms with van der Waals surface area (Å²) in [5, 5.41) is 4.16. The van der Waals surface area contributed by atoms with Gasteiger partial charge in [-0.3, -0.25) is 9.69 Å². The van der Waals surface area contributed by atoms with Crippen LogP contribution in [0.25, 0.3) is 0 Å². The highest BCUT2D eigenvalue weighted by Crippen LogP contribution is 2.36. The second kappa shape index (κ2) is 10.7. The minimum Gasteiger partial charge on any atom is -0.376 e. The normalized spacial score (nSPS) is 15.5. The molecule has 2 aromatic carbocycles. The van der Waals surface area contributed by atoms with E-state index < -0.39 is 0 Å². The molecule has 0 atom stereocenters. The maximum Gasteiger partial charge on any atom is 0.242 e. The predicted molar refractivity (Wildman–Crippen MR) is 134 cm³/mol. The van der Waals surface area contributed by atoms with Crippen LogP contribution in [0.4, 0.5) is 5.69 Å². The molecule has 0 unspecified atom stereocenters. The third-order valence-corrected chi connectivity index (χ3v) is 6.64. The summed E-state index contributed by atoms with van der Waals surface area (Å²) < 4.78 is 0. The third-order valence-electron chi connectivity index (χ3n) is 6.27. The Morgan fingerprint density at radius 2 is 1.88 bits per heavy atom. The van der Waals surface area contributed by atoms with Crippen LogP contribution in [0, 0.1) is 0 Å². The van der Waals surface area contributed by atoms with E-state index in [0.717, 1.165) is 37.4 Å². The summed E-state index contributed by atoms with van der Waals surface area (Å²) in [5.74, 6) is 0.0757. The molecule has 32 heavy (non-hydrogen) atoms. The summed E-state index contributed by atoms with van der Waals surface area (Å²) in [7, 11) is 4.04. The Balaban J connectivity index is 1.75. The van der Waals surface area contributed by atoms with Gasteiger partial charge in [0, 0.05) is 48.8 Å². The van der Waals surface area contributed by atoms with Gasteiger partial charge in [0.15, 0.2) is 0 Å². The first-order chi connectivity index (χ1) is 15.2. The number of likely N-dealkylation sites (N-methyl/N-ethyl adjacent to an activating group) is 2. The predicted octanol–water partition coefficient (Wildman–Crippen LogP) is 4.46. The standard InChI is InChI=1S/C26H37ClN4O/c1-6-30-18-21-22(26(2,3)19-30)11-9-13-24(21)28-16-25(32)31(15-14-29(4)5)17-20-10-7-8-12-23(20)27/h7-13,28H,6,14-19H2,1-5H3. The Labute approximate surface area is 198 Å². The molecule has 1 heterocycles. The van der Waals surface area contributed by atoms with Crippen LogP contribution in [0.15, 0.2) is 42.5 Å². The number of amides is 1. The molecule has 0 aromatic heterocycles. The number of benzene rings is 2. The van der Waals surface area contributed by atoms with E-state index in [1.807, 2.05) is 43.3 Å². The molecule has 0 saturated carbocycles. The number of hydrogen-bond acceptors (Lipinski definition) is 4. The van der Waals surface area contributed by atoms with E-state index in [1.54, 1.807) is 0 Å². The van der Waals surface area contributed by atoms with Gasteiger partial charge in [0.2, 0.25) is 5.91 Å². The van der Waals surface area contributed by atoms with Crippen molar-refractivity contribution in [3.8, 4) is 0 Å². The second-order valence-electron chi connectivity index (χ2n) is 9.58. The molecule has 0 saturated heterocycles. The lowest BCUT2D eigenvalue weighted by molar-refractivity contribution is -0.130. The van der Waals surface area contributed by atoms with Gasteiger partial charge in [0.1, 0.15) is 0 Å². The van der Waals surface area contributed by atoms with Crippen LogP contribution in [0.3, 0.4) is 0 Å². The van der Waals surface area contributed by atoms with Gasteiger partial charge >= 0.3 is 0 Å². The maximum absolute atomic E-state index is 13.3. The van der Waals surface area contributed by atoms with Crippen LogP contribution in [0.5, 0.6) is 0 Å². The maximum atomic E-state index is 13.3. The van der Waals surface area contributed by atoms with Crippen molar-refractivity contribution >= 4 is 23.2 Å². The first-order valence-corrected chi connectivity index (χ1v) is 11.8. The number of nitrogens with one attached hydrogen (secondary N) is 1. The van der Waals surface area contributed by atoms with Crippen LogP contribution in [-0.2, 0) is 23.3 Å². The van der Waals surface area contributed by atoms with Gasteiger partial charge in [-0.05, 0) is 49.5 Å². The molecule has 1 aliphatic rings. The SMILES string of the molecule is CCN1Cc2c(NCC(=O)N(CCN(C)C)Cc3ccccc3Cl)cccc2C(C)(C)C1. The summed E-state index contributed by atoms with van der Waals surface area (Å²) in [6.07, 6.45) is 0. The molecule has 1 amide bonds. The van der Waals surface area contributed by atoms with E-state index in [1.165, 1.54) is 11.1 Å². The van der Waals surface area contributed by atoms with Gasteiger partial charge in [-0.2, -0.15) is 0 Å². The molecule has 1 N–H and O–H groups in total. The van der Waals surface area contributed by atoms with Gasteiger partial charge in [-0.1, -0.05) is 62.7 Å². The van der Waals surface area contributed by atoms with Crippen molar-refractivity contribution in [1.29, 1.82) is 0 Å². The third kappa shape index (κ3) is 6.03. The summed E-state index contributed by atoms with van der Waals surface area (Å²) >= 11 is 6.37. The molecular weight excluding hydrogens is 420 g/mol. The molecule has 0 radical (unpaired) electrons. The number of carbonyl (C=O) groups excluding carboxylic acids is 1. The fourth-order valence-corrected chi connectivity index (χ4v) is 4.63. The average molecular weight is 457 g/mol. The van der Waals surface area contributed by atoms with Crippen molar-refractivity contribution < 1.29 is 4.79 Å². The lowest BCUT2D eigenvalue weighted by Crippen LogP contribution is -2.42. The number of rotatable bonds is 9. The fourth-order valence-electron chi connectivity index (χ4n) is 4.43. The molecule has 1 aliphatic heterocycles. The topological polar surface area (TPSA) is 38.8 Å². The minimum atomic E-state index is 0.0757. The zero-order valence-electron chi connectivity index (χ0n) is 20.1. The Morgan fingerprint density at radius 1 is 1.12 bits per heavy atom. The number of anilines is 1. The first-order valence-electron chi connectivity index (χ1n) is 11.5. The Kier molecular flexibility index (Phi) is 8.21. The van der Waals surface area contributed by atoms with Crippen molar-refractivity contribution in [1.82, 2.24) is 14.7 Å². The monoisotopic (exact) mass is 456 g/mol. The first kappa shape index (κ1) is 24.6. The van der Waals surface area contributed by atoms with Crippen molar-refractivity contribution in [3.63, 3.8) is 0 Å². The quantitative estimate of drug-likeness (QED) is 0.604. The van der Waals surface area contributed by atoms with Crippen molar-refractivity contribution in [2.45, 2.75) is 39.3 Å². The highest BCUT2D eigenvalue weighted by molar-refractivity contribution is 6.31. The van der Waals surface area contributed by atoms with Gasteiger partial charge in [0.25, 0.3) is 0 Å². The molecule has 6 heteroatoms. The highest BCUT2D eigenvalue weighted by Gasteiger charge is 2.32. The van der Waals surface area contributed by atoms with E-state index in [9.17, 15) is 4.79 Å². The van der Waals surface area contributed by atoms with Gasteiger partial charge in [-0.25, -0.2) is 0 Å². The Morgan fingerprint density at radius 3 is 2.56 bits per heavy atom. The zero-order chi connectivity index (χ0) is 23.3.